The second-order valence-electron chi connectivity index (χ2n) is 11.4. The summed E-state index contributed by atoms with van der Waals surface area (Å²) in [6, 6.07) is 59.8. The lowest BCUT2D eigenvalue weighted by atomic mass is 10.2. The van der Waals surface area contributed by atoms with E-state index in [4.69, 9.17) is 10.2 Å². The maximum atomic E-state index is 8.81. The van der Waals surface area contributed by atoms with Crippen molar-refractivity contribution in [3.63, 3.8) is 0 Å². The first-order valence-corrected chi connectivity index (χ1v) is 21.8. The van der Waals surface area contributed by atoms with E-state index >= 15 is 0 Å². The number of phenolic OH excluding ortho intramolecular Hbond substituents is 2. The molecule has 0 heterocycles. The van der Waals surface area contributed by atoms with Crippen LogP contribution in [0.4, 0.5) is 0 Å². The molecule has 7 aromatic carbocycles. The number of phenols is 2. The van der Waals surface area contributed by atoms with E-state index in [1.54, 1.807) is 30.3 Å². The molecule has 0 aromatic heterocycles. The van der Waals surface area contributed by atoms with Crippen LogP contribution in [-0.2, 0) is 0 Å². The Morgan fingerprint density at radius 1 is 0.267 bits per heavy atom. The van der Waals surface area contributed by atoms with Crippen LogP contribution in [0.15, 0.2) is 213 Å². The van der Waals surface area contributed by atoms with E-state index in [0.29, 0.717) is 5.75 Å². The summed E-state index contributed by atoms with van der Waals surface area (Å²) in [5.41, 5.74) is 5.03. The predicted octanol–water partition coefficient (Wildman–Crippen LogP) is 17.6. The largest absolute Gasteiger partial charge is 0.508 e. The van der Waals surface area contributed by atoms with Crippen LogP contribution < -0.4 is 0 Å². The van der Waals surface area contributed by atoms with E-state index in [1.165, 1.54) is 16.7 Å². The summed E-state index contributed by atoms with van der Waals surface area (Å²) in [5, 5.41) is 17.6. The van der Waals surface area contributed by atoms with E-state index in [2.05, 4.69) is 114 Å². The van der Waals surface area contributed by atoms with Crippen molar-refractivity contribution >= 4 is 63.1 Å². The average Bonchev–Trinajstić information content (AvgIpc) is 3.22. The fraction of sp³-hybridized carbons (Fsp3) is 0.208. The Labute approximate surface area is 393 Å². The Kier molecular flexibility index (Phi) is 46.3. The Bertz CT molecular complexity index is 1610. The van der Waals surface area contributed by atoms with E-state index in [1.807, 2.05) is 176 Å². The molecule has 0 radical (unpaired) electrons. The maximum Gasteiger partial charge on any atom is 0.116 e. The molecule has 0 aliphatic heterocycles. The minimum absolute atomic E-state index is 0. The highest BCUT2D eigenvalue weighted by Gasteiger charge is 1.85. The molecule has 7 rings (SSSR count). The quantitative estimate of drug-likeness (QED) is 0.0776. The zero-order valence-corrected chi connectivity index (χ0v) is 41.0. The van der Waals surface area contributed by atoms with Gasteiger partial charge in [0, 0.05) is 24.5 Å². The van der Waals surface area contributed by atoms with Crippen LogP contribution in [0, 0.1) is 27.7 Å². The number of benzene rings is 7. The van der Waals surface area contributed by atoms with Crippen molar-refractivity contribution < 1.29 is 10.2 Å². The standard InChI is InChI=1S/C8H10.C7H8O.C7H8S.C6H6OS.3C6H6S.3C2H6.CH4/c1-7-4-3-5-8(2)6-7;2*1-6-3-2-4-7(8)5-6;7-5-2-1-3-6(8)4-5;3*7-6-4-2-1-3-5-6;3*1-2;/h3-6H,1-2H3;2*2-5,8H,1H3;1-4,7-8H;3*1-5,7H;3*1-2H3;1H4. The number of thiol groups is 5. The van der Waals surface area contributed by atoms with Gasteiger partial charge in [-0.15, -0.1) is 63.1 Å². The third kappa shape index (κ3) is 42.0. The minimum atomic E-state index is 0. The smallest absolute Gasteiger partial charge is 0.116 e. The molecule has 0 saturated heterocycles. The highest BCUT2D eigenvalue weighted by molar-refractivity contribution is 7.81. The summed E-state index contributed by atoms with van der Waals surface area (Å²) < 4.78 is 0. The van der Waals surface area contributed by atoms with Gasteiger partial charge in [-0.05, 0) is 112 Å². The Morgan fingerprint density at radius 3 is 0.650 bits per heavy atom. The molecular weight excluding hydrogens is 829 g/mol. The first kappa shape index (κ1) is 62.5. The normalized spacial score (nSPS) is 8.25. The zero-order chi connectivity index (χ0) is 45.3. The van der Waals surface area contributed by atoms with Crippen LogP contribution in [0.3, 0.4) is 0 Å². The van der Waals surface area contributed by atoms with Crippen LogP contribution >= 0.6 is 63.1 Å². The van der Waals surface area contributed by atoms with Crippen molar-refractivity contribution in [2.75, 3.05) is 0 Å². The number of hydrogen-bond donors (Lipinski definition) is 7. The molecular formula is C53H72O2S5. The Morgan fingerprint density at radius 2 is 0.500 bits per heavy atom. The molecule has 7 heteroatoms. The number of aromatic hydroxyl groups is 2. The van der Waals surface area contributed by atoms with Crippen molar-refractivity contribution in [3.05, 3.63) is 210 Å². The highest BCUT2D eigenvalue weighted by Crippen LogP contribution is 2.13. The summed E-state index contributed by atoms with van der Waals surface area (Å²) >= 11 is 20.4. The summed E-state index contributed by atoms with van der Waals surface area (Å²) in [6.45, 7) is 20.2. The number of aryl methyl sites for hydroxylation is 4. The summed E-state index contributed by atoms with van der Waals surface area (Å²) in [6.07, 6.45) is 0. The first-order valence-electron chi connectivity index (χ1n) is 19.6. The highest BCUT2D eigenvalue weighted by atomic mass is 32.1. The molecule has 0 spiro atoms. The minimum Gasteiger partial charge on any atom is -0.508 e. The molecule has 0 atom stereocenters. The third-order valence-electron chi connectivity index (χ3n) is 6.28. The Balaban J connectivity index is -0.000000298. The molecule has 0 fully saturated rings. The van der Waals surface area contributed by atoms with Crippen LogP contribution in [0.1, 0.15) is 71.2 Å². The van der Waals surface area contributed by atoms with Gasteiger partial charge in [0.1, 0.15) is 11.5 Å². The molecule has 7 aromatic rings. The molecule has 0 saturated carbocycles. The summed E-state index contributed by atoms with van der Waals surface area (Å²) in [4.78, 5) is 4.86. The maximum absolute atomic E-state index is 8.81. The van der Waals surface area contributed by atoms with Gasteiger partial charge in [0.05, 0.1) is 0 Å². The molecule has 60 heavy (non-hydrogen) atoms. The van der Waals surface area contributed by atoms with E-state index in [0.717, 1.165) is 30.0 Å². The van der Waals surface area contributed by atoms with Gasteiger partial charge in [0.15, 0.2) is 0 Å². The van der Waals surface area contributed by atoms with Gasteiger partial charge in [-0.25, -0.2) is 0 Å². The predicted molar refractivity (Wildman–Crippen MR) is 284 cm³/mol. The van der Waals surface area contributed by atoms with Crippen molar-refractivity contribution in [3.8, 4) is 11.5 Å². The first-order chi connectivity index (χ1) is 28.3. The molecule has 0 bridgehead atoms. The Hall–Kier alpha value is -4.11. The molecule has 2 nitrogen and oxygen atoms in total. The summed E-state index contributed by atoms with van der Waals surface area (Å²) in [7, 11) is 0. The van der Waals surface area contributed by atoms with Gasteiger partial charge >= 0.3 is 0 Å². The monoisotopic (exact) mass is 900 g/mol. The summed E-state index contributed by atoms with van der Waals surface area (Å²) in [5.74, 6) is 0.600. The van der Waals surface area contributed by atoms with Gasteiger partial charge in [0.25, 0.3) is 0 Å². The fourth-order valence-corrected chi connectivity index (χ4v) is 4.86. The van der Waals surface area contributed by atoms with E-state index in [9.17, 15) is 0 Å². The van der Waals surface area contributed by atoms with Crippen molar-refractivity contribution in [1.29, 1.82) is 0 Å². The average molecular weight is 901 g/mol. The van der Waals surface area contributed by atoms with Crippen LogP contribution in [0.5, 0.6) is 11.5 Å². The molecule has 0 aliphatic rings. The molecule has 2 N–H and O–H groups in total. The SMILES string of the molecule is C.CC.CC.CC.Cc1cccc(C)c1.Cc1cccc(O)c1.Cc1cccc(S)c1.Oc1cccc(S)c1.Sc1ccccc1.Sc1ccccc1.Sc1ccccc1. The van der Waals surface area contributed by atoms with Gasteiger partial charge < -0.3 is 10.2 Å². The zero-order valence-electron chi connectivity index (χ0n) is 36.5. The molecule has 0 unspecified atom stereocenters. The van der Waals surface area contributed by atoms with Gasteiger partial charge in [-0.3, -0.25) is 0 Å². The van der Waals surface area contributed by atoms with Gasteiger partial charge in [0.2, 0.25) is 0 Å². The second-order valence-corrected chi connectivity index (χ2v) is 13.9. The third-order valence-corrected chi connectivity index (χ3v) is 7.73. The number of rotatable bonds is 0. The van der Waals surface area contributed by atoms with Crippen molar-refractivity contribution in [1.82, 2.24) is 0 Å². The topological polar surface area (TPSA) is 40.5 Å². The lowest BCUT2D eigenvalue weighted by molar-refractivity contribution is 0.473. The molecule has 0 aliphatic carbocycles. The lowest BCUT2D eigenvalue weighted by Gasteiger charge is -1.90. The van der Waals surface area contributed by atoms with Gasteiger partial charge in [-0.2, -0.15) is 0 Å². The lowest BCUT2D eigenvalue weighted by Crippen LogP contribution is -1.71. The molecule has 326 valence electrons. The van der Waals surface area contributed by atoms with E-state index in [-0.39, 0.29) is 13.2 Å². The number of hydrogen-bond acceptors (Lipinski definition) is 7. The fourth-order valence-electron chi connectivity index (χ4n) is 3.84. The second kappa shape index (κ2) is 44.4. The van der Waals surface area contributed by atoms with Crippen LogP contribution in [-0.4, -0.2) is 10.2 Å². The van der Waals surface area contributed by atoms with Crippen LogP contribution in [0.2, 0.25) is 0 Å². The van der Waals surface area contributed by atoms with Gasteiger partial charge in [-0.1, -0.05) is 175 Å². The molecule has 0 amide bonds. The van der Waals surface area contributed by atoms with E-state index < -0.39 is 0 Å². The van der Waals surface area contributed by atoms with Crippen molar-refractivity contribution in [2.24, 2.45) is 0 Å². The van der Waals surface area contributed by atoms with Crippen LogP contribution in [0.25, 0.3) is 0 Å². The van der Waals surface area contributed by atoms with Crippen molar-refractivity contribution in [2.45, 2.75) is 101 Å².